The number of aliphatic carboxylic acids is 1. The third kappa shape index (κ3) is 2.53. The molecule has 0 radical (unpaired) electrons. The van der Waals surface area contributed by atoms with Crippen molar-refractivity contribution in [3.05, 3.63) is 29.1 Å². The second-order valence-electron chi connectivity index (χ2n) is 4.57. The van der Waals surface area contributed by atoms with Crippen molar-refractivity contribution >= 4 is 11.7 Å². The van der Waals surface area contributed by atoms with Crippen LogP contribution in [0.4, 0.5) is 27.6 Å². The van der Waals surface area contributed by atoms with Crippen LogP contribution in [0.2, 0.25) is 0 Å². The van der Waals surface area contributed by atoms with Gasteiger partial charge in [-0.15, -0.1) is 0 Å². The van der Waals surface area contributed by atoms with Gasteiger partial charge in [0.05, 0.1) is 0 Å². The van der Waals surface area contributed by atoms with Crippen molar-refractivity contribution in [1.82, 2.24) is 0 Å². The molecular formula is C12H10F5NO3. The van der Waals surface area contributed by atoms with E-state index in [1.807, 2.05) is 5.32 Å². The van der Waals surface area contributed by atoms with E-state index in [4.69, 9.17) is 4.74 Å². The fourth-order valence-electron chi connectivity index (χ4n) is 2.07. The zero-order chi connectivity index (χ0) is 15.8. The molecule has 1 aliphatic heterocycles. The molecule has 1 saturated heterocycles. The molecule has 0 spiro atoms. The highest BCUT2D eigenvalue weighted by Crippen LogP contribution is 2.32. The molecule has 0 unspecified atom stereocenters. The predicted octanol–water partition coefficient (Wildman–Crippen LogP) is 2.43. The van der Waals surface area contributed by atoms with Gasteiger partial charge in [0.25, 0.3) is 0 Å². The molecule has 1 aliphatic rings. The van der Waals surface area contributed by atoms with Gasteiger partial charge in [-0.05, 0) is 0 Å². The summed E-state index contributed by atoms with van der Waals surface area (Å²) in [5, 5.41) is 11.2. The summed E-state index contributed by atoms with van der Waals surface area (Å²) in [5.41, 5.74) is -3.20. The molecule has 2 rings (SSSR count). The summed E-state index contributed by atoms with van der Waals surface area (Å²) in [6.07, 6.45) is -0.357. The molecule has 1 aromatic carbocycles. The van der Waals surface area contributed by atoms with Gasteiger partial charge in [0, 0.05) is 26.1 Å². The van der Waals surface area contributed by atoms with Crippen molar-refractivity contribution in [3.8, 4) is 0 Å². The molecule has 0 atom stereocenters. The van der Waals surface area contributed by atoms with Crippen LogP contribution in [0.5, 0.6) is 0 Å². The second kappa shape index (κ2) is 5.47. The van der Waals surface area contributed by atoms with E-state index in [2.05, 4.69) is 0 Å². The number of carboxylic acid groups (broad SMARTS) is 1. The number of anilines is 1. The van der Waals surface area contributed by atoms with E-state index in [1.54, 1.807) is 0 Å². The molecule has 2 N–H and O–H groups in total. The number of ether oxygens (including phenoxy) is 1. The van der Waals surface area contributed by atoms with E-state index in [9.17, 15) is 31.9 Å². The highest BCUT2D eigenvalue weighted by Gasteiger charge is 2.42. The van der Waals surface area contributed by atoms with E-state index >= 15 is 0 Å². The summed E-state index contributed by atoms with van der Waals surface area (Å²) in [5.74, 6) is -12.2. The first-order chi connectivity index (χ1) is 9.80. The van der Waals surface area contributed by atoms with Crippen LogP contribution in [0.3, 0.4) is 0 Å². The number of halogens is 5. The highest BCUT2D eigenvalue weighted by atomic mass is 19.2. The average Bonchev–Trinajstić information content (AvgIpc) is 2.48. The lowest BCUT2D eigenvalue weighted by Crippen LogP contribution is -2.51. The van der Waals surface area contributed by atoms with Crippen molar-refractivity contribution < 1.29 is 36.6 Å². The van der Waals surface area contributed by atoms with Crippen LogP contribution in [0, 0.1) is 29.1 Å². The summed E-state index contributed by atoms with van der Waals surface area (Å²) < 4.78 is 71.3. The van der Waals surface area contributed by atoms with Gasteiger partial charge in [-0.2, -0.15) is 0 Å². The predicted molar refractivity (Wildman–Crippen MR) is 60.3 cm³/mol. The number of nitrogens with one attached hydrogen (secondary N) is 1. The molecule has 4 nitrogen and oxygen atoms in total. The fraction of sp³-hybridized carbons (Fsp3) is 0.417. The summed E-state index contributed by atoms with van der Waals surface area (Å²) in [6, 6.07) is 0. The number of hydrogen-bond acceptors (Lipinski definition) is 3. The minimum absolute atomic E-state index is 0.0191. The summed E-state index contributed by atoms with van der Waals surface area (Å²) in [4.78, 5) is 11.3. The van der Waals surface area contributed by atoms with E-state index in [0.29, 0.717) is 0 Å². The van der Waals surface area contributed by atoms with Gasteiger partial charge >= 0.3 is 5.97 Å². The van der Waals surface area contributed by atoms with E-state index in [1.165, 1.54) is 0 Å². The molecule has 21 heavy (non-hydrogen) atoms. The lowest BCUT2D eigenvalue weighted by molar-refractivity contribution is -0.145. The Kier molecular flexibility index (Phi) is 4.04. The van der Waals surface area contributed by atoms with Gasteiger partial charge in [-0.25, -0.2) is 26.7 Å². The Bertz CT molecular complexity index is 558. The molecule has 1 fully saturated rings. The maximum absolute atomic E-state index is 13.6. The molecule has 9 heteroatoms. The summed E-state index contributed by atoms with van der Waals surface area (Å²) >= 11 is 0. The van der Waals surface area contributed by atoms with E-state index in [0.717, 1.165) is 0 Å². The highest BCUT2D eigenvalue weighted by molar-refractivity contribution is 5.83. The molecule has 0 saturated carbocycles. The van der Waals surface area contributed by atoms with Crippen LogP contribution in [0.25, 0.3) is 0 Å². The maximum atomic E-state index is 13.6. The largest absolute Gasteiger partial charge is 0.480 e. The van der Waals surface area contributed by atoms with Crippen LogP contribution >= 0.6 is 0 Å². The third-order valence-corrected chi connectivity index (χ3v) is 3.33. The maximum Gasteiger partial charge on any atom is 0.329 e. The van der Waals surface area contributed by atoms with Crippen molar-refractivity contribution in [3.63, 3.8) is 0 Å². The lowest BCUT2D eigenvalue weighted by atomic mass is 9.89. The minimum atomic E-state index is -2.30. The first-order valence-electron chi connectivity index (χ1n) is 5.91. The number of benzene rings is 1. The SMILES string of the molecule is O=C(O)C1(Nc2c(F)c(F)c(F)c(F)c2F)CCOCC1. The zero-order valence-corrected chi connectivity index (χ0v) is 10.5. The second-order valence-corrected chi connectivity index (χ2v) is 4.57. The zero-order valence-electron chi connectivity index (χ0n) is 10.5. The summed E-state index contributed by atoms with van der Waals surface area (Å²) in [6.45, 7) is -0.0383. The Labute approximate surface area is 115 Å². The average molecular weight is 311 g/mol. The van der Waals surface area contributed by atoms with Gasteiger partial charge in [0.15, 0.2) is 23.3 Å². The minimum Gasteiger partial charge on any atom is -0.480 e. The Hall–Kier alpha value is -1.90. The number of rotatable bonds is 3. The van der Waals surface area contributed by atoms with Crippen LogP contribution < -0.4 is 5.32 Å². The van der Waals surface area contributed by atoms with Gasteiger partial charge in [0.2, 0.25) is 5.82 Å². The third-order valence-electron chi connectivity index (χ3n) is 3.33. The molecule has 116 valence electrons. The van der Waals surface area contributed by atoms with Gasteiger partial charge in [0.1, 0.15) is 11.2 Å². The normalized spacial score (nSPS) is 17.6. The molecule has 1 aromatic rings. The molecule has 0 aliphatic carbocycles. The molecule has 0 bridgehead atoms. The topological polar surface area (TPSA) is 58.6 Å². The van der Waals surface area contributed by atoms with Crippen LogP contribution in [0.1, 0.15) is 12.8 Å². The standard InChI is InChI=1S/C12H10F5NO3/c13-5-6(14)8(16)10(9(17)7(5)15)18-12(11(19)20)1-3-21-4-2-12/h18H,1-4H2,(H,19,20). The number of carbonyl (C=O) groups is 1. The van der Waals surface area contributed by atoms with E-state index < -0.39 is 46.3 Å². The Balaban J connectivity index is 2.49. The Morgan fingerprint density at radius 2 is 1.38 bits per heavy atom. The molecular weight excluding hydrogens is 301 g/mol. The molecule has 0 amide bonds. The van der Waals surface area contributed by atoms with Crippen LogP contribution in [0.15, 0.2) is 0 Å². The molecule has 0 aromatic heterocycles. The van der Waals surface area contributed by atoms with Crippen molar-refractivity contribution in [1.29, 1.82) is 0 Å². The van der Waals surface area contributed by atoms with Crippen LogP contribution in [-0.2, 0) is 9.53 Å². The first kappa shape index (κ1) is 15.5. The monoisotopic (exact) mass is 311 g/mol. The fourth-order valence-corrected chi connectivity index (χ4v) is 2.07. The van der Waals surface area contributed by atoms with Crippen molar-refractivity contribution in [2.45, 2.75) is 18.4 Å². The lowest BCUT2D eigenvalue weighted by Gasteiger charge is -2.35. The number of hydrogen-bond donors (Lipinski definition) is 2. The van der Waals surface area contributed by atoms with Crippen molar-refractivity contribution in [2.24, 2.45) is 0 Å². The quantitative estimate of drug-likeness (QED) is 0.511. The number of carboxylic acids is 1. The van der Waals surface area contributed by atoms with E-state index in [-0.39, 0.29) is 26.1 Å². The van der Waals surface area contributed by atoms with Gasteiger partial charge in [-0.1, -0.05) is 0 Å². The Morgan fingerprint density at radius 3 is 1.81 bits per heavy atom. The van der Waals surface area contributed by atoms with Gasteiger partial charge in [-0.3, -0.25) is 0 Å². The Morgan fingerprint density at radius 1 is 0.952 bits per heavy atom. The van der Waals surface area contributed by atoms with Gasteiger partial charge < -0.3 is 15.2 Å². The molecule has 1 heterocycles. The smallest absolute Gasteiger partial charge is 0.329 e. The summed E-state index contributed by atoms with van der Waals surface area (Å²) in [7, 11) is 0. The first-order valence-corrected chi connectivity index (χ1v) is 5.91. The van der Waals surface area contributed by atoms with Crippen molar-refractivity contribution in [2.75, 3.05) is 18.5 Å². The van der Waals surface area contributed by atoms with Crippen LogP contribution in [-0.4, -0.2) is 29.8 Å².